The van der Waals surface area contributed by atoms with Crippen LogP contribution >= 0.6 is 22.9 Å². The SMILES string of the molecule is CCOc1ncc(-c2cc(-c3nc4cc(C)c([C@H](OC(C)(C)C)C(C)=O)c(-c5ccc(Cl)cc5)c4s3)ccn2)cn1. The Bertz CT molecular complexity index is 1710. The molecule has 5 rings (SSSR count). The lowest BCUT2D eigenvalue weighted by Crippen LogP contribution is -2.27. The third-order valence-electron chi connectivity index (χ3n) is 6.37. The second-order valence-corrected chi connectivity index (χ2v) is 12.1. The Hall–Kier alpha value is -3.72. The van der Waals surface area contributed by atoms with Crippen LogP contribution in [0.15, 0.2) is 61.1 Å². The molecular weight excluding hydrogens is 556 g/mol. The number of nitrogens with zero attached hydrogens (tertiary/aromatic N) is 4. The molecule has 0 aliphatic heterocycles. The van der Waals surface area contributed by atoms with Crippen LogP contribution in [0.5, 0.6) is 6.01 Å². The third kappa shape index (κ3) is 6.30. The number of aromatic nitrogens is 4. The van der Waals surface area contributed by atoms with Crippen LogP contribution in [0.25, 0.3) is 43.2 Å². The lowest BCUT2D eigenvalue weighted by Gasteiger charge is -2.29. The summed E-state index contributed by atoms with van der Waals surface area (Å²) in [5.41, 5.74) is 6.40. The first-order valence-electron chi connectivity index (χ1n) is 13.3. The molecule has 0 fully saturated rings. The largest absolute Gasteiger partial charge is 0.464 e. The number of aryl methyl sites for hydroxylation is 1. The first-order chi connectivity index (χ1) is 19.5. The molecule has 3 aromatic heterocycles. The highest BCUT2D eigenvalue weighted by Crippen LogP contribution is 2.44. The molecule has 41 heavy (non-hydrogen) atoms. The van der Waals surface area contributed by atoms with E-state index < -0.39 is 11.7 Å². The predicted molar refractivity (Wildman–Crippen MR) is 164 cm³/mol. The van der Waals surface area contributed by atoms with E-state index in [-0.39, 0.29) is 5.78 Å². The summed E-state index contributed by atoms with van der Waals surface area (Å²) in [6.07, 6.45) is 4.43. The Balaban J connectivity index is 1.68. The van der Waals surface area contributed by atoms with Gasteiger partial charge in [-0.05, 0) is 83.0 Å². The minimum Gasteiger partial charge on any atom is -0.464 e. The highest BCUT2D eigenvalue weighted by atomic mass is 35.5. The van der Waals surface area contributed by atoms with Gasteiger partial charge in [-0.25, -0.2) is 15.0 Å². The van der Waals surface area contributed by atoms with Crippen LogP contribution in [0.2, 0.25) is 5.02 Å². The molecule has 5 aromatic rings. The number of ketones is 1. The van der Waals surface area contributed by atoms with E-state index in [4.69, 9.17) is 26.1 Å². The van der Waals surface area contributed by atoms with E-state index in [2.05, 4.69) is 15.0 Å². The molecule has 0 aliphatic rings. The molecule has 0 saturated heterocycles. The molecule has 0 N–H and O–H groups in total. The first-order valence-corrected chi connectivity index (χ1v) is 14.5. The Kier molecular flexibility index (Phi) is 8.18. The van der Waals surface area contributed by atoms with Crippen molar-refractivity contribution in [3.63, 3.8) is 0 Å². The molecule has 0 unspecified atom stereocenters. The summed E-state index contributed by atoms with van der Waals surface area (Å²) in [5.74, 6) is -0.0568. The van der Waals surface area contributed by atoms with Gasteiger partial charge in [-0.1, -0.05) is 23.7 Å². The van der Waals surface area contributed by atoms with Crippen molar-refractivity contribution in [2.45, 2.75) is 53.2 Å². The maximum atomic E-state index is 13.0. The van der Waals surface area contributed by atoms with Gasteiger partial charge in [0.1, 0.15) is 11.1 Å². The zero-order valence-corrected chi connectivity index (χ0v) is 25.4. The standard InChI is InChI=1S/C32H31ClN4O3S/c1-7-39-31-35-16-22(17-36-31)24-15-21(12-13-34-24)30-37-25-14-18(2)26(28(19(3)38)40-32(4,5)6)27(29(25)41-30)20-8-10-23(33)11-9-20/h8-17,28H,7H2,1-6H3/t28-/m1/s1. The number of rotatable bonds is 8. The van der Waals surface area contributed by atoms with Gasteiger partial charge in [0.15, 0.2) is 5.78 Å². The molecule has 0 amide bonds. The van der Waals surface area contributed by atoms with Gasteiger partial charge >= 0.3 is 6.01 Å². The first kappa shape index (κ1) is 28.8. The topological polar surface area (TPSA) is 87.1 Å². The predicted octanol–water partition coefficient (Wildman–Crippen LogP) is 8.29. The number of benzene rings is 2. The van der Waals surface area contributed by atoms with E-state index in [0.29, 0.717) is 17.6 Å². The average Bonchev–Trinajstić information content (AvgIpc) is 3.35. The van der Waals surface area contributed by atoms with Crippen molar-refractivity contribution < 1.29 is 14.3 Å². The van der Waals surface area contributed by atoms with Crippen molar-refractivity contribution in [3.05, 3.63) is 77.2 Å². The molecule has 3 heterocycles. The highest BCUT2D eigenvalue weighted by Gasteiger charge is 2.30. The van der Waals surface area contributed by atoms with Crippen LogP contribution in [-0.4, -0.2) is 37.9 Å². The lowest BCUT2D eigenvalue weighted by molar-refractivity contribution is -0.138. The van der Waals surface area contributed by atoms with Gasteiger partial charge in [-0.3, -0.25) is 9.78 Å². The lowest BCUT2D eigenvalue weighted by atomic mass is 9.90. The smallest absolute Gasteiger partial charge is 0.316 e. The number of ether oxygens (including phenoxy) is 2. The minimum absolute atomic E-state index is 0.0568. The number of Topliss-reactive ketones (excluding diaryl/α,β-unsaturated/α-hetero) is 1. The number of carbonyl (C=O) groups is 1. The molecule has 0 radical (unpaired) electrons. The monoisotopic (exact) mass is 586 g/mol. The summed E-state index contributed by atoms with van der Waals surface area (Å²) in [6, 6.07) is 14.0. The Morgan fingerprint density at radius 2 is 1.71 bits per heavy atom. The number of pyridine rings is 1. The molecule has 0 saturated carbocycles. The van der Waals surface area contributed by atoms with Crippen LogP contribution in [-0.2, 0) is 9.53 Å². The number of thiazole rings is 1. The Morgan fingerprint density at radius 3 is 2.34 bits per heavy atom. The van der Waals surface area contributed by atoms with Gasteiger partial charge in [0.2, 0.25) is 0 Å². The minimum atomic E-state index is -0.734. The Morgan fingerprint density at radius 1 is 1.00 bits per heavy atom. The van der Waals surface area contributed by atoms with Gasteiger partial charge in [0.25, 0.3) is 0 Å². The molecule has 1 atom stereocenters. The number of fused-ring (bicyclic) bond motifs is 1. The molecule has 0 bridgehead atoms. The van der Waals surface area contributed by atoms with Crippen molar-refractivity contribution >= 4 is 38.9 Å². The molecule has 210 valence electrons. The molecule has 9 heteroatoms. The van der Waals surface area contributed by atoms with Crippen LogP contribution in [0.1, 0.15) is 51.8 Å². The van der Waals surface area contributed by atoms with Crippen LogP contribution in [0, 0.1) is 6.92 Å². The van der Waals surface area contributed by atoms with Crippen molar-refractivity contribution in [3.8, 4) is 39.0 Å². The van der Waals surface area contributed by atoms with E-state index >= 15 is 0 Å². The fraction of sp³-hybridized carbons (Fsp3) is 0.281. The van der Waals surface area contributed by atoms with Gasteiger partial charge in [-0.2, -0.15) is 0 Å². The molecule has 7 nitrogen and oxygen atoms in total. The molecule has 2 aromatic carbocycles. The summed E-state index contributed by atoms with van der Waals surface area (Å²) < 4.78 is 12.7. The van der Waals surface area contributed by atoms with Crippen LogP contribution < -0.4 is 4.74 Å². The second kappa shape index (κ2) is 11.6. The highest BCUT2D eigenvalue weighted by molar-refractivity contribution is 7.22. The molecule has 0 aliphatic carbocycles. The summed E-state index contributed by atoms with van der Waals surface area (Å²) in [5, 5.41) is 1.47. The fourth-order valence-electron chi connectivity index (χ4n) is 4.65. The second-order valence-electron chi connectivity index (χ2n) is 10.7. The normalized spacial score (nSPS) is 12.5. The van der Waals surface area contributed by atoms with Crippen molar-refractivity contribution in [1.29, 1.82) is 0 Å². The Labute approximate surface area is 248 Å². The number of hydrogen-bond acceptors (Lipinski definition) is 8. The van der Waals surface area contributed by atoms with Crippen molar-refractivity contribution in [2.75, 3.05) is 6.61 Å². The molecular formula is C32H31ClN4O3S. The van der Waals surface area contributed by atoms with Crippen LogP contribution in [0.3, 0.4) is 0 Å². The van der Waals surface area contributed by atoms with E-state index in [1.54, 1.807) is 36.9 Å². The zero-order chi connectivity index (χ0) is 29.3. The average molecular weight is 587 g/mol. The summed E-state index contributed by atoms with van der Waals surface area (Å²) in [6.45, 7) is 11.8. The quantitative estimate of drug-likeness (QED) is 0.181. The summed E-state index contributed by atoms with van der Waals surface area (Å²) in [7, 11) is 0. The van der Waals surface area contributed by atoms with Gasteiger partial charge in [-0.15, -0.1) is 11.3 Å². The van der Waals surface area contributed by atoms with E-state index in [1.807, 2.05) is 77.1 Å². The van der Waals surface area contributed by atoms with Gasteiger partial charge < -0.3 is 9.47 Å². The van der Waals surface area contributed by atoms with Crippen LogP contribution in [0.4, 0.5) is 0 Å². The third-order valence-corrected chi connectivity index (χ3v) is 7.76. The maximum Gasteiger partial charge on any atom is 0.316 e. The van der Waals surface area contributed by atoms with Gasteiger partial charge in [0, 0.05) is 45.9 Å². The van der Waals surface area contributed by atoms with E-state index in [1.165, 1.54) is 0 Å². The van der Waals surface area contributed by atoms with Crippen molar-refractivity contribution in [1.82, 2.24) is 19.9 Å². The number of halogens is 1. The number of carbonyl (C=O) groups excluding carboxylic acids is 1. The van der Waals surface area contributed by atoms with Gasteiger partial charge in [0.05, 0.1) is 28.1 Å². The van der Waals surface area contributed by atoms with Crippen molar-refractivity contribution in [2.24, 2.45) is 0 Å². The maximum absolute atomic E-state index is 13.0. The summed E-state index contributed by atoms with van der Waals surface area (Å²) in [4.78, 5) is 31.1. The number of hydrogen-bond donors (Lipinski definition) is 0. The van der Waals surface area contributed by atoms with E-state index in [9.17, 15) is 4.79 Å². The molecule has 0 spiro atoms. The fourth-order valence-corrected chi connectivity index (χ4v) is 5.90. The van der Waals surface area contributed by atoms with E-state index in [0.717, 1.165) is 54.3 Å². The zero-order valence-electron chi connectivity index (χ0n) is 23.9. The summed E-state index contributed by atoms with van der Waals surface area (Å²) >= 11 is 7.82.